The Morgan fingerprint density at radius 2 is 1.94 bits per heavy atom. The van der Waals surface area contributed by atoms with Crippen LogP contribution in [-0.2, 0) is 11.3 Å². The average Bonchev–Trinajstić information content (AvgIpc) is 3.26. The molecule has 0 saturated carbocycles. The van der Waals surface area contributed by atoms with Crippen LogP contribution in [0.25, 0.3) is 22.3 Å². The van der Waals surface area contributed by atoms with Gasteiger partial charge in [-0.1, -0.05) is 30.3 Å². The van der Waals surface area contributed by atoms with Crippen molar-refractivity contribution < 1.29 is 9.53 Å². The van der Waals surface area contributed by atoms with E-state index >= 15 is 0 Å². The molecule has 2 heterocycles. The van der Waals surface area contributed by atoms with Crippen LogP contribution >= 0.6 is 0 Å². The molecule has 0 atom stereocenters. The molecule has 0 bridgehead atoms. The Morgan fingerprint density at radius 1 is 1.03 bits per heavy atom. The number of carbonyl (C=O) groups excluding carboxylic acids is 1. The van der Waals surface area contributed by atoms with Crippen molar-refractivity contribution in [3.63, 3.8) is 0 Å². The summed E-state index contributed by atoms with van der Waals surface area (Å²) >= 11 is 0. The lowest BCUT2D eigenvalue weighted by atomic mass is 10.1. The van der Waals surface area contributed by atoms with Crippen molar-refractivity contribution in [1.29, 1.82) is 0 Å². The number of para-hydroxylation sites is 1. The van der Waals surface area contributed by atoms with Crippen molar-refractivity contribution in [3.8, 4) is 17.1 Å². The molecule has 0 radical (unpaired) electrons. The summed E-state index contributed by atoms with van der Waals surface area (Å²) in [6.45, 7) is 2.27. The molecule has 3 aromatic carbocycles. The summed E-state index contributed by atoms with van der Waals surface area (Å²) in [4.78, 5) is 25.1. The van der Waals surface area contributed by atoms with Crippen LogP contribution in [0.3, 0.4) is 0 Å². The quantitative estimate of drug-likeness (QED) is 0.489. The number of ketones is 1. The summed E-state index contributed by atoms with van der Waals surface area (Å²) in [6, 6.07) is 21.6. The van der Waals surface area contributed by atoms with E-state index in [1.165, 1.54) is 12.5 Å². The van der Waals surface area contributed by atoms with Crippen LogP contribution in [0.4, 0.5) is 11.5 Å². The minimum atomic E-state index is -0.0294. The Morgan fingerprint density at radius 3 is 2.84 bits per heavy atom. The molecule has 0 fully saturated rings. The maximum absolute atomic E-state index is 11.2. The largest absolute Gasteiger partial charge is 0.486 e. The van der Waals surface area contributed by atoms with Gasteiger partial charge in [-0.3, -0.25) is 9.79 Å². The van der Waals surface area contributed by atoms with Crippen molar-refractivity contribution in [3.05, 3.63) is 77.9 Å². The maximum atomic E-state index is 11.2. The highest BCUT2D eigenvalue weighted by molar-refractivity contribution is 5.93. The summed E-state index contributed by atoms with van der Waals surface area (Å²) in [5, 5.41) is 4.39. The van der Waals surface area contributed by atoms with Gasteiger partial charge in [0, 0.05) is 22.9 Å². The first kappa shape index (κ1) is 18.9. The van der Waals surface area contributed by atoms with E-state index in [1.807, 2.05) is 60.8 Å². The van der Waals surface area contributed by atoms with Gasteiger partial charge in [-0.2, -0.15) is 0 Å². The molecule has 0 saturated heterocycles. The number of benzene rings is 3. The third-order valence-electron chi connectivity index (χ3n) is 5.04. The van der Waals surface area contributed by atoms with E-state index in [1.54, 1.807) is 0 Å². The number of hydrogen-bond acceptors (Lipinski definition) is 6. The molecule has 1 aliphatic heterocycles. The zero-order chi connectivity index (χ0) is 21.2. The number of aromatic nitrogens is 2. The Balaban J connectivity index is 1.54. The van der Waals surface area contributed by atoms with Gasteiger partial charge in [0.05, 0.1) is 12.1 Å². The van der Waals surface area contributed by atoms with Gasteiger partial charge in [-0.05, 0) is 54.4 Å². The van der Waals surface area contributed by atoms with E-state index < -0.39 is 0 Å². The third kappa shape index (κ3) is 4.00. The lowest BCUT2D eigenvalue weighted by Crippen LogP contribution is -2.06. The molecule has 0 unspecified atom stereocenters. The van der Waals surface area contributed by atoms with Crippen LogP contribution < -0.4 is 10.1 Å². The van der Waals surface area contributed by atoms with Crippen LogP contribution in [-0.4, -0.2) is 28.6 Å². The molecule has 4 aromatic rings. The summed E-state index contributed by atoms with van der Waals surface area (Å²) in [5.74, 6) is 1.89. The third-order valence-corrected chi connectivity index (χ3v) is 5.04. The molecule has 1 aliphatic rings. The number of nitrogens with one attached hydrogen (secondary N) is 1. The molecule has 31 heavy (non-hydrogen) atoms. The highest BCUT2D eigenvalue weighted by atomic mass is 16.5. The molecule has 6 nitrogen and oxygen atoms in total. The Hall–Kier alpha value is -4.06. The van der Waals surface area contributed by atoms with Crippen LogP contribution in [0, 0.1) is 0 Å². The second-order valence-corrected chi connectivity index (χ2v) is 7.44. The predicted molar refractivity (Wildman–Crippen MR) is 122 cm³/mol. The normalized spacial score (nSPS) is 12.0. The summed E-state index contributed by atoms with van der Waals surface area (Å²) in [6.07, 6.45) is 1.90. The number of aliphatic imine (C=N–C) groups is 1. The van der Waals surface area contributed by atoms with Gasteiger partial charge in [-0.25, -0.2) is 9.97 Å². The van der Waals surface area contributed by atoms with Gasteiger partial charge < -0.3 is 10.1 Å². The summed E-state index contributed by atoms with van der Waals surface area (Å²) in [5.41, 5.74) is 4.95. The second-order valence-electron chi connectivity index (χ2n) is 7.44. The molecule has 6 heteroatoms. The highest BCUT2D eigenvalue weighted by Gasteiger charge is 2.12. The Kier molecular flexibility index (Phi) is 4.88. The first-order valence-corrected chi connectivity index (χ1v) is 10.0. The van der Waals surface area contributed by atoms with E-state index in [4.69, 9.17) is 14.7 Å². The summed E-state index contributed by atoms with van der Waals surface area (Å²) < 4.78 is 5.55. The van der Waals surface area contributed by atoms with Gasteiger partial charge in [0.15, 0.2) is 11.6 Å². The molecule has 1 aromatic heterocycles. The number of Topliss-reactive ketones (excluding diaryl/α,β-unsaturated/α-hetero) is 1. The van der Waals surface area contributed by atoms with E-state index in [0.29, 0.717) is 11.6 Å². The molecular formula is C25H20N4O2. The molecular weight excluding hydrogens is 388 g/mol. The van der Waals surface area contributed by atoms with Crippen molar-refractivity contribution in [2.75, 3.05) is 11.9 Å². The molecule has 1 N–H and O–H groups in total. The van der Waals surface area contributed by atoms with Gasteiger partial charge in [0.1, 0.15) is 18.2 Å². The van der Waals surface area contributed by atoms with Crippen LogP contribution in [0.5, 0.6) is 5.75 Å². The van der Waals surface area contributed by atoms with Gasteiger partial charge >= 0.3 is 0 Å². The predicted octanol–water partition coefficient (Wildman–Crippen LogP) is 4.94. The van der Waals surface area contributed by atoms with Crippen molar-refractivity contribution in [2.24, 2.45) is 4.99 Å². The monoisotopic (exact) mass is 408 g/mol. The minimum Gasteiger partial charge on any atom is -0.486 e. The fourth-order valence-electron chi connectivity index (χ4n) is 3.53. The number of rotatable bonds is 6. The standard InChI is InChI=1S/C25H20N4O2/c1-16(30)15-31-21-6-4-5-17(12-21)24-28-23-8-3-2-7-22(23)25(29-24)27-20-10-9-18-13-26-14-19(18)11-20/h2-12,14H,13,15H2,1H3,(H,27,28,29). The number of nitrogens with zero attached hydrogens (tertiary/aromatic N) is 3. The first-order chi connectivity index (χ1) is 15.2. The Bertz CT molecular complexity index is 1330. The minimum absolute atomic E-state index is 0.0294. The van der Waals surface area contributed by atoms with E-state index in [2.05, 4.69) is 22.4 Å². The lowest BCUT2D eigenvalue weighted by Gasteiger charge is -2.12. The number of fused-ring (bicyclic) bond motifs is 2. The van der Waals surface area contributed by atoms with Crippen molar-refractivity contribution >= 4 is 34.4 Å². The SMILES string of the molecule is CC(=O)COc1cccc(-c2nc(Nc3ccc4c(c3)C=NC4)c3ccccc3n2)c1. The summed E-state index contributed by atoms with van der Waals surface area (Å²) in [7, 11) is 0. The van der Waals surface area contributed by atoms with Crippen LogP contribution in [0.15, 0.2) is 71.7 Å². The average molecular weight is 408 g/mol. The number of anilines is 2. The van der Waals surface area contributed by atoms with Crippen LogP contribution in [0.1, 0.15) is 18.1 Å². The van der Waals surface area contributed by atoms with Crippen molar-refractivity contribution in [1.82, 2.24) is 9.97 Å². The number of ether oxygens (including phenoxy) is 1. The topological polar surface area (TPSA) is 76.5 Å². The Labute approximate surface area is 179 Å². The van der Waals surface area contributed by atoms with Crippen molar-refractivity contribution in [2.45, 2.75) is 13.5 Å². The molecule has 152 valence electrons. The first-order valence-electron chi connectivity index (χ1n) is 10.0. The highest BCUT2D eigenvalue weighted by Crippen LogP contribution is 2.29. The number of carbonyl (C=O) groups is 1. The zero-order valence-corrected chi connectivity index (χ0v) is 17.0. The van der Waals surface area contributed by atoms with Crippen LogP contribution in [0.2, 0.25) is 0 Å². The molecule has 0 aliphatic carbocycles. The van der Waals surface area contributed by atoms with Gasteiger partial charge in [0.25, 0.3) is 0 Å². The molecule has 5 rings (SSSR count). The van der Waals surface area contributed by atoms with E-state index in [9.17, 15) is 4.79 Å². The molecule has 0 amide bonds. The van der Waals surface area contributed by atoms with Gasteiger partial charge in [0.2, 0.25) is 0 Å². The van der Waals surface area contributed by atoms with E-state index in [0.717, 1.165) is 40.1 Å². The smallest absolute Gasteiger partial charge is 0.167 e. The fraction of sp³-hybridized carbons (Fsp3) is 0.120. The van der Waals surface area contributed by atoms with Gasteiger partial charge in [-0.15, -0.1) is 0 Å². The molecule has 0 spiro atoms. The zero-order valence-electron chi connectivity index (χ0n) is 17.0. The van der Waals surface area contributed by atoms with E-state index in [-0.39, 0.29) is 12.4 Å². The number of hydrogen-bond donors (Lipinski definition) is 1. The fourth-order valence-corrected chi connectivity index (χ4v) is 3.53. The second kappa shape index (κ2) is 7.99. The maximum Gasteiger partial charge on any atom is 0.167 e. The lowest BCUT2D eigenvalue weighted by molar-refractivity contribution is -0.118.